The molecule has 1 atom stereocenters. The van der Waals surface area contributed by atoms with Crippen molar-refractivity contribution in [1.29, 1.82) is 0 Å². The zero-order valence-corrected chi connectivity index (χ0v) is 17.9. The molecule has 3 aromatic heterocycles. The van der Waals surface area contributed by atoms with Crippen LogP contribution in [0.25, 0.3) is 5.65 Å². The topological polar surface area (TPSA) is 94.5 Å². The van der Waals surface area contributed by atoms with E-state index in [-0.39, 0.29) is 11.3 Å². The lowest BCUT2D eigenvalue weighted by atomic mass is 9.92. The first kappa shape index (κ1) is 19.6. The summed E-state index contributed by atoms with van der Waals surface area (Å²) in [6, 6.07) is 4.07. The molecule has 2 aliphatic heterocycles. The van der Waals surface area contributed by atoms with E-state index in [2.05, 4.69) is 46.0 Å². The quantitative estimate of drug-likeness (QED) is 0.647. The van der Waals surface area contributed by atoms with Gasteiger partial charge in [-0.15, -0.1) is 10.2 Å². The fraction of sp³-hybridized carbons (Fsp3) is 0.667. The molecule has 2 saturated heterocycles. The number of aromatic nitrogens is 6. The standard InChI is InChI=1S/C21H29N7O2/c1-21(2,3)16-4-5-18-23-24-19(28(18)25-16)14-6-9-27(10-7-14)12-17-22-20(30-26-17)15-8-11-29-13-15/h4-5,14-15H,6-13H2,1-3H3. The summed E-state index contributed by atoms with van der Waals surface area (Å²) >= 11 is 0. The summed E-state index contributed by atoms with van der Waals surface area (Å²) in [5.41, 5.74) is 1.86. The van der Waals surface area contributed by atoms with Crippen LogP contribution in [0.3, 0.4) is 0 Å². The first-order chi connectivity index (χ1) is 14.5. The van der Waals surface area contributed by atoms with Crippen LogP contribution in [0.5, 0.6) is 0 Å². The van der Waals surface area contributed by atoms with Gasteiger partial charge in [0, 0.05) is 17.9 Å². The van der Waals surface area contributed by atoms with E-state index < -0.39 is 0 Å². The van der Waals surface area contributed by atoms with Gasteiger partial charge in [0.2, 0.25) is 5.89 Å². The van der Waals surface area contributed by atoms with Crippen molar-refractivity contribution in [3.8, 4) is 0 Å². The maximum atomic E-state index is 5.46. The number of rotatable bonds is 4. The monoisotopic (exact) mass is 411 g/mol. The molecule has 0 saturated carbocycles. The Morgan fingerprint density at radius 1 is 1.07 bits per heavy atom. The minimum absolute atomic E-state index is 0.00678. The molecule has 1 unspecified atom stereocenters. The predicted molar refractivity (Wildman–Crippen MR) is 109 cm³/mol. The largest absolute Gasteiger partial charge is 0.381 e. The zero-order chi connectivity index (χ0) is 20.7. The molecule has 0 radical (unpaired) electrons. The van der Waals surface area contributed by atoms with E-state index in [0.29, 0.717) is 18.4 Å². The Morgan fingerprint density at radius 3 is 2.63 bits per heavy atom. The molecule has 2 aliphatic rings. The Kier molecular flexibility index (Phi) is 5.02. The molecule has 160 valence electrons. The molecule has 2 fully saturated rings. The molecule has 0 N–H and O–H groups in total. The Labute approximate surface area is 175 Å². The second-order valence-electron chi connectivity index (χ2n) is 9.46. The number of hydrogen-bond donors (Lipinski definition) is 0. The van der Waals surface area contributed by atoms with Crippen molar-refractivity contribution in [2.24, 2.45) is 0 Å². The average molecular weight is 412 g/mol. The molecule has 0 aliphatic carbocycles. The lowest BCUT2D eigenvalue weighted by Crippen LogP contribution is -2.33. The van der Waals surface area contributed by atoms with Gasteiger partial charge >= 0.3 is 0 Å². The molecule has 9 heteroatoms. The van der Waals surface area contributed by atoms with Gasteiger partial charge in [-0.3, -0.25) is 4.90 Å². The smallest absolute Gasteiger partial charge is 0.232 e. The van der Waals surface area contributed by atoms with Gasteiger partial charge < -0.3 is 9.26 Å². The number of piperidine rings is 1. The molecular formula is C21H29N7O2. The molecule has 30 heavy (non-hydrogen) atoms. The minimum Gasteiger partial charge on any atom is -0.381 e. The highest BCUT2D eigenvalue weighted by Gasteiger charge is 2.28. The molecule has 0 aromatic carbocycles. The van der Waals surface area contributed by atoms with Gasteiger partial charge in [-0.05, 0) is 44.5 Å². The van der Waals surface area contributed by atoms with Crippen molar-refractivity contribution in [1.82, 2.24) is 34.9 Å². The Balaban J connectivity index is 1.24. The molecule has 3 aromatic rings. The van der Waals surface area contributed by atoms with Crippen LogP contribution in [0.15, 0.2) is 16.7 Å². The summed E-state index contributed by atoms with van der Waals surface area (Å²) in [5.74, 6) is 3.06. The number of likely N-dealkylation sites (tertiary alicyclic amines) is 1. The highest BCUT2D eigenvalue weighted by Crippen LogP contribution is 2.29. The van der Waals surface area contributed by atoms with Gasteiger partial charge in [0.1, 0.15) is 0 Å². The Hall–Kier alpha value is -2.39. The van der Waals surface area contributed by atoms with Crippen molar-refractivity contribution in [2.45, 2.75) is 63.8 Å². The summed E-state index contributed by atoms with van der Waals surface area (Å²) in [6.07, 6.45) is 3.00. The normalized spacial score (nSPS) is 21.6. The minimum atomic E-state index is -0.00678. The van der Waals surface area contributed by atoms with Gasteiger partial charge in [0.05, 0.1) is 24.8 Å². The summed E-state index contributed by atoms with van der Waals surface area (Å²) in [6.45, 7) is 10.6. The van der Waals surface area contributed by atoms with Gasteiger partial charge in [-0.1, -0.05) is 25.9 Å². The Bertz CT molecular complexity index is 1010. The summed E-state index contributed by atoms with van der Waals surface area (Å²) < 4.78 is 12.8. The van der Waals surface area contributed by atoms with E-state index in [9.17, 15) is 0 Å². The van der Waals surface area contributed by atoms with Crippen LogP contribution >= 0.6 is 0 Å². The second-order valence-corrected chi connectivity index (χ2v) is 9.46. The van der Waals surface area contributed by atoms with Gasteiger partial charge in [0.25, 0.3) is 0 Å². The molecule has 5 rings (SSSR count). The van der Waals surface area contributed by atoms with E-state index in [4.69, 9.17) is 14.4 Å². The van der Waals surface area contributed by atoms with Crippen LogP contribution in [0.1, 0.15) is 75.1 Å². The lowest BCUT2D eigenvalue weighted by molar-refractivity contribution is 0.188. The van der Waals surface area contributed by atoms with Crippen LogP contribution in [-0.2, 0) is 16.7 Å². The number of fused-ring (bicyclic) bond motifs is 1. The third-order valence-electron chi connectivity index (χ3n) is 6.14. The first-order valence-corrected chi connectivity index (χ1v) is 10.8. The van der Waals surface area contributed by atoms with E-state index in [1.54, 1.807) is 0 Å². The molecule has 5 heterocycles. The van der Waals surface area contributed by atoms with Crippen LogP contribution in [-0.4, -0.2) is 61.2 Å². The lowest BCUT2D eigenvalue weighted by Gasteiger charge is -2.30. The zero-order valence-electron chi connectivity index (χ0n) is 17.9. The summed E-state index contributed by atoms with van der Waals surface area (Å²) in [5, 5.41) is 17.8. The van der Waals surface area contributed by atoms with Crippen LogP contribution in [0.2, 0.25) is 0 Å². The number of hydrogen-bond acceptors (Lipinski definition) is 8. The molecule has 9 nitrogen and oxygen atoms in total. The van der Waals surface area contributed by atoms with Crippen LogP contribution in [0, 0.1) is 0 Å². The van der Waals surface area contributed by atoms with E-state index in [0.717, 1.165) is 68.5 Å². The third-order valence-corrected chi connectivity index (χ3v) is 6.14. The second kappa shape index (κ2) is 7.70. The fourth-order valence-corrected chi connectivity index (χ4v) is 4.24. The fourth-order valence-electron chi connectivity index (χ4n) is 4.24. The van der Waals surface area contributed by atoms with Gasteiger partial charge in [0.15, 0.2) is 17.3 Å². The average Bonchev–Trinajstić information content (AvgIpc) is 3.48. The summed E-state index contributed by atoms with van der Waals surface area (Å²) in [4.78, 5) is 6.98. The van der Waals surface area contributed by atoms with Crippen LogP contribution in [0.4, 0.5) is 0 Å². The van der Waals surface area contributed by atoms with Crippen molar-refractivity contribution in [3.63, 3.8) is 0 Å². The first-order valence-electron chi connectivity index (χ1n) is 10.8. The molecule has 0 amide bonds. The molecule has 0 bridgehead atoms. The van der Waals surface area contributed by atoms with Crippen LogP contribution < -0.4 is 0 Å². The SMILES string of the molecule is CC(C)(C)c1ccc2nnc(C3CCN(Cc4noc(C5CCOC5)n4)CC3)n2n1. The van der Waals surface area contributed by atoms with Crippen molar-refractivity contribution in [3.05, 3.63) is 35.4 Å². The van der Waals surface area contributed by atoms with E-state index in [1.807, 2.05) is 16.6 Å². The number of ether oxygens (including phenoxy) is 1. The van der Waals surface area contributed by atoms with Crippen molar-refractivity contribution < 1.29 is 9.26 Å². The van der Waals surface area contributed by atoms with E-state index >= 15 is 0 Å². The maximum absolute atomic E-state index is 5.46. The number of nitrogens with zero attached hydrogens (tertiary/aromatic N) is 7. The maximum Gasteiger partial charge on any atom is 0.232 e. The Morgan fingerprint density at radius 2 is 1.90 bits per heavy atom. The van der Waals surface area contributed by atoms with Crippen molar-refractivity contribution >= 4 is 5.65 Å². The molecular weight excluding hydrogens is 382 g/mol. The highest BCUT2D eigenvalue weighted by molar-refractivity contribution is 5.37. The van der Waals surface area contributed by atoms with E-state index in [1.165, 1.54) is 0 Å². The third kappa shape index (κ3) is 3.83. The van der Waals surface area contributed by atoms with Crippen molar-refractivity contribution in [2.75, 3.05) is 26.3 Å². The molecule has 0 spiro atoms. The summed E-state index contributed by atoms with van der Waals surface area (Å²) in [7, 11) is 0. The highest BCUT2D eigenvalue weighted by atomic mass is 16.5. The van der Waals surface area contributed by atoms with Gasteiger partial charge in [-0.25, -0.2) is 0 Å². The predicted octanol–water partition coefficient (Wildman–Crippen LogP) is 2.69. The van der Waals surface area contributed by atoms with Gasteiger partial charge in [-0.2, -0.15) is 14.6 Å².